The van der Waals surface area contributed by atoms with Crippen molar-refractivity contribution in [2.24, 2.45) is 5.92 Å². The lowest BCUT2D eigenvalue weighted by molar-refractivity contribution is -0.124. The van der Waals surface area contributed by atoms with Crippen LogP contribution in [-0.4, -0.2) is 53.7 Å². The van der Waals surface area contributed by atoms with E-state index in [-0.39, 0.29) is 11.7 Å². The fourth-order valence-corrected chi connectivity index (χ4v) is 4.37. The van der Waals surface area contributed by atoms with E-state index >= 15 is 0 Å². The molecule has 1 amide bonds. The van der Waals surface area contributed by atoms with Crippen LogP contribution in [0.1, 0.15) is 52.9 Å². The minimum atomic E-state index is 0.00502. The molecule has 2 fully saturated rings. The Balaban J connectivity index is 1.86. The molecular weight excluding hydrogens is 352 g/mol. The zero-order valence-electron chi connectivity index (χ0n) is 17.5. The van der Waals surface area contributed by atoms with Gasteiger partial charge in [-0.3, -0.25) is 14.6 Å². The summed E-state index contributed by atoms with van der Waals surface area (Å²) in [6, 6.07) is 0. The topological polar surface area (TPSA) is 53.0 Å². The maximum Gasteiger partial charge on any atom is 0.258 e. The van der Waals surface area contributed by atoms with Crippen molar-refractivity contribution in [3.05, 3.63) is 46.5 Å². The van der Waals surface area contributed by atoms with Gasteiger partial charge in [0.25, 0.3) is 5.91 Å². The van der Waals surface area contributed by atoms with Gasteiger partial charge in [0, 0.05) is 37.0 Å². The average Bonchev–Trinajstić information content (AvgIpc) is 3.24. The Bertz CT molecular complexity index is 705. The number of nitrogens with zero attached hydrogens (tertiary/aromatic N) is 2. The minimum absolute atomic E-state index is 0.00502. The molecule has 1 saturated heterocycles. The molecule has 0 atom stereocenters. The van der Waals surface area contributed by atoms with Gasteiger partial charge < -0.3 is 9.84 Å². The van der Waals surface area contributed by atoms with Crippen molar-refractivity contribution in [3.8, 4) is 0 Å². The molecular formula is C23H34N2O3. The summed E-state index contributed by atoms with van der Waals surface area (Å²) in [5.74, 6) is 0.587. The van der Waals surface area contributed by atoms with E-state index in [0.717, 1.165) is 62.3 Å². The summed E-state index contributed by atoms with van der Waals surface area (Å²) >= 11 is 0. The number of rotatable bonds is 5. The van der Waals surface area contributed by atoms with E-state index in [1.54, 1.807) is 4.90 Å². The lowest BCUT2D eigenvalue weighted by Crippen LogP contribution is -2.39. The maximum atomic E-state index is 13.4. The number of amides is 1. The predicted octanol–water partition coefficient (Wildman–Crippen LogP) is 4.31. The van der Waals surface area contributed by atoms with Gasteiger partial charge in [-0.1, -0.05) is 25.8 Å². The molecule has 5 nitrogen and oxygen atoms in total. The number of aliphatic hydroxyl groups is 1. The minimum Gasteiger partial charge on any atom is -0.505 e. The number of allylic oxidation sites excluding steroid dienone is 2. The summed E-state index contributed by atoms with van der Waals surface area (Å²) in [5, 5.41) is 11.1. The number of morpholine rings is 1. The third-order valence-electron chi connectivity index (χ3n) is 6.20. The van der Waals surface area contributed by atoms with Crippen molar-refractivity contribution in [1.82, 2.24) is 9.80 Å². The fraction of sp³-hybridized carbons (Fsp3) is 0.609. The molecule has 0 unspecified atom stereocenters. The van der Waals surface area contributed by atoms with E-state index in [2.05, 4.69) is 11.8 Å². The van der Waals surface area contributed by atoms with Gasteiger partial charge in [-0.2, -0.15) is 0 Å². The Morgan fingerprint density at radius 3 is 2.57 bits per heavy atom. The van der Waals surface area contributed by atoms with Gasteiger partial charge in [0.15, 0.2) is 0 Å². The van der Waals surface area contributed by atoms with Crippen LogP contribution in [0.15, 0.2) is 46.5 Å². The first-order valence-corrected chi connectivity index (χ1v) is 10.7. The zero-order chi connectivity index (χ0) is 20.1. The maximum absolute atomic E-state index is 13.4. The second-order valence-electron chi connectivity index (χ2n) is 7.96. The van der Waals surface area contributed by atoms with Crippen LogP contribution in [0.2, 0.25) is 0 Å². The largest absolute Gasteiger partial charge is 0.505 e. The summed E-state index contributed by atoms with van der Waals surface area (Å²) in [5.41, 5.74) is 3.44. The van der Waals surface area contributed by atoms with Crippen LogP contribution < -0.4 is 0 Å². The van der Waals surface area contributed by atoms with E-state index in [0.29, 0.717) is 18.2 Å². The summed E-state index contributed by atoms with van der Waals surface area (Å²) in [4.78, 5) is 17.4. The standard InChI is InChI=1S/C23H34N2O3/c1-4-17(3)21-22(26)19(16-24-12-14-28-15-13-24)10-11-25(21)23(27)20(5-2)18-8-6-7-9-18/h5,10-11,18,26H,4,6-9,12-16H2,1-3H3/b20-5-,21-17-. The molecule has 154 valence electrons. The van der Waals surface area contributed by atoms with Crippen LogP contribution in [0.4, 0.5) is 0 Å². The summed E-state index contributed by atoms with van der Waals surface area (Å²) in [6.45, 7) is 9.87. The molecule has 28 heavy (non-hydrogen) atoms. The number of carbonyl (C=O) groups excluding carboxylic acids is 1. The van der Waals surface area contributed by atoms with Crippen LogP contribution in [0.5, 0.6) is 0 Å². The first kappa shape index (κ1) is 20.9. The normalized spacial score (nSPS) is 24.2. The highest BCUT2D eigenvalue weighted by Gasteiger charge is 2.32. The Hall–Kier alpha value is -1.85. The van der Waals surface area contributed by atoms with Crippen LogP contribution >= 0.6 is 0 Å². The van der Waals surface area contributed by atoms with Gasteiger partial charge in [0.05, 0.1) is 18.9 Å². The first-order chi connectivity index (χ1) is 13.6. The third-order valence-corrected chi connectivity index (χ3v) is 6.20. The lowest BCUT2D eigenvalue weighted by atomic mass is 9.94. The van der Waals surface area contributed by atoms with Crippen molar-refractivity contribution in [1.29, 1.82) is 0 Å². The average molecular weight is 387 g/mol. The van der Waals surface area contributed by atoms with Crippen molar-refractivity contribution in [2.45, 2.75) is 52.9 Å². The summed E-state index contributed by atoms with van der Waals surface area (Å²) in [6.07, 6.45) is 11.1. The Kier molecular flexibility index (Phi) is 7.13. The van der Waals surface area contributed by atoms with E-state index in [1.165, 1.54) is 12.8 Å². The van der Waals surface area contributed by atoms with Gasteiger partial charge in [-0.15, -0.1) is 0 Å². The molecule has 0 aromatic carbocycles. The first-order valence-electron chi connectivity index (χ1n) is 10.7. The number of ether oxygens (including phenoxy) is 1. The lowest BCUT2D eigenvalue weighted by Gasteiger charge is -2.32. The van der Waals surface area contributed by atoms with Gasteiger partial charge in [-0.05, 0) is 50.7 Å². The molecule has 3 aliphatic rings. The Morgan fingerprint density at radius 1 is 1.29 bits per heavy atom. The highest BCUT2D eigenvalue weighted by Crippen LogP contribution is 2.35. The second-order valence-corrected chi connectivity index (χ2v) is 7.96. The highest BCUT2D eigenvalue weighted by atomic mass is 16.5. The zero-order valence-corrected chi connectivity index (χ0v) is 17.5. The molecule has 0 aromatic heterocycles. The number of hydrogen-bond donors (Lipinski definition) is 1. The molecule has 0 radical (unpaired) electrons. The van der Waals surface area contributed by atoms with E-state index in [4.69, 9.17) is 4.74 Å². The second kappa shape index (κ2) is 9.57. The molecule has 1 N–H and O–H groups in total. The van der Waals surface area contributed by atoms with Crippen LogP contribution in [-0.2, 0) is 9.53 Å². The fourth-order valence-electron chi connectivity index (χ4n) is 4.37. The van der Waals surface area contributed by atoms with E-state index < -0.39 is 0 Å². The van der Waals surface area contributed by atoms with Gasteiger partial charge in [0.2, 0.25) is 0 Å². The number of aliphatic hydroxyl groups excluding tert-OH is 1. The van der Waals surface area contributed by atoms with Crippen LogP contribution in [0.3, 0.4) is 0 Å². The van der Waals surface area contributed by atoms with Crippen molar-refractivity contribution < 1.29 is 14.6 Å². The summed E-state index contributed by atoms with van der Waals surface area (Å²) in [7, 11) is 0. The Labute approximate surface area is 169 Å². The monoisotopic (exact) mass is 386 g/mol. The van der Waals surface area contributed by atoms with Crippen LogP contribution in [0, 0.1) is 5.92 Å². The number of hydrogen-bond acceptors (Lipinski definition) is 4. The smallest absolute Gasteiger partial charge is 0.258 e. The molecule has 0 spiro atoms. The molecule has 2 heterocycles. The van der Waals surface area contributed by atoms with Crippen molar-refractivity contribution in [3.63, 3.8) is 0 Å². The van der Waals surface area contributed by atoms with Crippen molar-refractivity contribution in [2.75, 3.05) is 32.8 Å². The highest BCUT2D eigenvalue weighted by molar-refractivity contribution is 5.96. The summed E-state index contributed by atoms with van der Waals surface area (Å²) < 4.78 is 5.42. The Morgan fingerprint density at radius 2 is 1.96 bits per heavy atom. The van der Waals surface area contributed by atoms with Gasteiger partial charge in [-0.25, -0.2) is 0 Å². The van der Waals surface area contributed by atoms with Gasteiger partial charge >= 0.3 is 0 Å². The SMILES string of the molecule is C/C=C(\C(=O)N1C=CC(CN2CCOCC2)=C(O)/C1=C(\C)CC)C1CCCC1. The van der Waals surface area contributed by atoms with E-state index in [1.807, 2.05) is 32.2 Å². The van der Waals surface area contributed by atoms with Crippen molar-refractivity contribution >= 4 is 5.91 Å². The molecule has 0 aromatic rings. The third kappa shape index (κ3) is 4.41. The molecule has 2 aliphatic heterocycles. The molecule has 3 rings (SSSR count). The molecule has 1 saturated carbocycles. The number of carbonyl (C=O) groups is 1. The molecule has 1 aliphatic carbocycles. The predicted molar refractivity (Wildman–Crippen MR) is 112 cm³/mol. The molecule has 5 heteroatoms. The van der Waals surface area contributed by atoms with E-state index in [9.17, 15) is 9.90 Å². The van der Waals surface area contributed by atoms with Gasteiger partial charge in [0.1, 0.15) is 5.76 Å². The molecule has 0 bridgehead atoms. The quantitative estimate of drug-likeness (QED) is 0.716. The van der Waals surface area contributed by atoms with Crippen LogP contribution in [0.25, 0.3) is 0 Å².